The third-order valence-electron chi connectivity index (χ3n) is 14.4. The molecule has 0 aliphatic carbocycles. The summed E-state index contributed by atoms with van der Waals surface area (Å²) >= 11 is 0. The zero-order chi connectivity index (χ0) is 48.3. The molecule has 4 aliphatic heterocycles. The van der Waals surface area contributed by atoms with E-state index >= 15 is 0 Å². The van der Waals surface area contributed by atoms with Crippen molar-refractivity contribution in [1.29, 1.82) is 0 Å². The fourth-order valence-electron chi connectivity index (χ4n) is 10.3. The number of nitrogens with zero attached hydrogens (tertiary/aromatic N) is 2. The predicted octanol–water partition coefficient (Wildman–Crippen LogP) is 15.1. The van der Waals surface area contributed by atoms with E-state index in [4.69, 9.17) is 37.9 Å². The molecule has 4 fully saturated rings. The van der Waals surface area contributed by atoms with Crippen molar-refractivity contribution in [3.8, 4) is 0 Å². The molecule has 10 nitrogen and oxygen atoms in total. The minimum atomic E-state index is -0.128. The van der Waals surface area contributed by atoms with Gasteiger partial charge in [0.05, 0.1) is 26.4 Å². The van der Waals surface area contributed by atoms with Gasteiger partial charge < -0.3 is 47.7 Å². The predicted molar refractivity (Wildman–Crippen MR) is 284 cm³/mol. The number of hydrogen-bond acceptors (Lipinski definition) is 10. The van der Waals surface area contributed by atoms with Crippen LogP contribution in [0.4, 0.5) is 34.1 Å². The van der Waals surface area contributed by atoms with E-state index in [1.165, 1.54) is 10.8 Å². The molecule has 72 heavy (non-hydrogen) atoms. The highest BCUT2D eigenvalue weighted by Gasteiger charge is 2.21. The summed E-state index contributed by atoms with van der Waals surface area (Å²) in [6.45, 7) is 5.15. The summed E-state index contributed by atoms with van der Waals surface area (Å²) in [4.78, 5) is 4.66. The Morgan fingerprint density at radius 2 is 0.569 bits per heavy atom. The van der Waals surface area contributed by atoms with Crippen molar-refractivity contribution in [2.75, 3.05) is 36.2 Å². The monoisotopic (exact) mass is 968 g/mol. The summed E-state index contributed by atoms with van der Waals surface area (Å²) < 4.78 is 48.0. The average molecular weight is 969 g/mol. The molecule has 7 aromatic rings. The van der Waals surface area contributed by atoms with Gasteiger partial charge in [0.25, 0.3) is 0 Å². The molecular formula is C62H68N2O8. The van der Waals surface area contributed by atoms with Crippen LogP contribution in [0.2, 0.25) is 0 Å². The molecule has 0 saturated carbocycles. The summed E-state index contributed by atoms with van der Waals surface area (Å²) in [5, 5.41) is 4.72. The van der Waals surface area contributed by atoms with Gasteiger partial charge >= 0.3 is 0 Å². The minimum Gasteiger partial charge on any atom is -0.353 e. The van der Waals surface area contributed by atoms with Crippen LogP contribution in [0.15, 0.2) is 146 Å². The molecule has 11 rings (SSSR count). The standard InChI is InChI=1S/C62H68N2O8/c1-5-35-65-59(9-1)69-41-45-13-23-51(24-14-45)63(52-25-15-46(16-26-52)42-70-60-10-2-6-36-66-60)55-31-33-57-49(39-55)21-22-50-40-56(32-34-58(50)57)64(53-27-17-47(18-28-53)43-71-61-11-3-7-37-67-61)54-29-19-48(20-30-54)44-72-62-12-4-8-38-68-62/h13-34,39-40,59-62H,1-12,35-38,41-44H2. The first-order valence-electron chi connectivity index (χ1n) is 26.5. The van der Waals surface area contributed by atoms with E-state index in [-0.39, 0.29) is 25.2 Å². The maximum atomic E-state index is 6.15. The Morgan fingerprint density at radius 1 is 0.306 bits per heavy atom. The summed E-state index contributed by atoms with van der Waals surface area (Å²) in [6, 6.07) is 53.0. The first-order chi connectivity index (χ1) is 35.6. The highest BCUT2D eigenvalue weighted by molar-refractivity contribution is 6.09. The van der Waals surface area contributed by atoms with Crippen LogP contribution in [0.5, 0.6) is 0 Å². The van der Waals surface area contributed by atoms with Crippen LogP contribution in [0.25, 0.3) is 21.5 Å². The molecule has 0 radical (unpaired) electrons. The lowest BCUT2D eigenvalue weighted by molar-refractivity contribution is -0.169. The van der Waals surface area contributed by atoms with Crippen molar-refractivity contribution >= 4 is 55.7 Å². The summed E-state index contributed by atoms with van der Waals surface area (Å²) in [7, 11) is 0. The van der Waals surface area contributed by atoms with Crippen molar-refractivity contribution in [1.82, 2.24) is 0 Å². The van der Waals surface area contributed by atoms with E-state index in [1.54, 1.807) is 0 Å². The van der Waals surface area contributed by atoms with Crippen LogP contribution in [0.1, 0.15) is 99.3 Å². The van der Waals surface area contributed by atoms with Gasteiger partial charge in [-0.1, -0.05) is 72.8 Å². The second kappa shape index (κ2) is 23.9. The molecule has 0 spiro atoms. The van der Waals surface area contributed by atoms with Crippen LogP contribution in [-0.2, 0) is 64.3 Å². The van der Waals surface area contributed by atoms with Gasteiger partial charge in [-0.25, -0.2) is 0 Å². The molecular weight excluding hydrogens is 901 g/mol. The quantitative estimate of drug-likeness (QED) is 0.0776. The number of rotatable bonds is 18. The average Bonchev–Trinajstić information content (AvgIpc) is 3.45. The van der Waals surface area contributed by atoms with Crippen molar-refractivity contribution in [2.24, 2.45) is 0 Å². The zero-order valence-corrected chi connectivity index (χ0v) is 41.5. The van der Waals surface area contributed by atoms with Crippen LogP contribution in [0.3, 0.4) is 0 Å². The van der Waals surface area contributed by atoms with Gasteiger partial charge in [0.2, 0.25) is 0 Å². The second-order valence-corrected chi connectivity index (χ2v) is 19.6. The molecule has 0 aromatic heterocycles. The van der Waals surface area contributed by atoms with Gasteiger partial charge in [0.1, 0.15) is 0 Å². The van der Waals surface area contributed by atoms with Crippen LogP contribution in [0, 0.1) is 0 Å². The van der Waals surface area contributed by atoms with E-state index in [0.29, 0.717) is 26.4 Å². The van der Waals surface area contributed by atoms with Gasteiger partial charge in [-0.3, -0.25) is 0 Å². The molecule has 4 unspecified atom stereocenters. The zero-order valence-electron chi connectivity index (χ0n) is 41.5. The van der Waals surface area contributed by atoms with Crippen LogP contribution < -0.4 is 9.80 Å². The fraction of sp³-hybridized carbons (Fsp3) is 0.387. The highest BCUT2D eigenvalue weighted by atomic mass is 16.7. The summed E-state index contributed by atoms with van der Waals surface area (Å²) in [6.07, 6.45) is 12.3. The van der Waals surface area contributed by atoms with Crippen molar-refractivity contribution < 1.29 is 37.9 Å². The van der Waals surface area contributed by atoms with E-state index in [0.717, 1.165) is 171 Å². The molecule has 4 saturated heterocycles. The molecule has 7 aromatic carbocycles. The van der Waals surface area contributed by atoms with Gasteiger partial charge in [-0.2, -0.15) is 0 Å². The number of anilines is 6. The third-order valence-corrected chi connectivity index (χ3v) is 14.4. The Bertz CT molecular complexity index is 2470. The Labute approximate surface area is 424 Å². The molecule has 10 heteroatoms. The summed E-state index contributed by atoms with van der Waals surface area (Å²) in [5.41, 5.74) is 10.9. The smallest absolute Gasteiger partial charge is 0.158 e. The maximum absolute atomic E-state index is 6.15. The molecule has 4 atom stereocenters. The van der Waals surface area contributed by atoms with E-state index in [1.807, 2.05) is 0 Å². The molecule has 0 amide bonds. The second-order valence-electron chi connectivity index (χ2n) is 19.6. The lowest BCUT2D eigenvalue weighted by Crippen LogP contribution is -2.22. The number of ether oxygens (including phenoxy) is 8. The normalized spacial score (nSPS) is 20.7. The fourth-order valence-corrected chi connectivity index (χ4v) is 10.3. The number of hydrogen-bond donors (Lipinski definition) is 0. The van der Waals surface area contributed by atoms with E-state index in [9.17, 15) is 0 Å². The van der Waals surface area contributed by atoms with Crippen molar-refractivity contribution in [2.45, 2.75) is 129 Å². The van der Waals surface area contributed by atoms with Crippen molar-refractivity contribution in [3.63, 3.8) is 0 Å². The lowest BCUT2D eigenvalue weighted by atomic mass is 9.99. The molecule has 0 bridgehead atoms. The molecule has 0 N–H and O–H groups in total. The van der Waals surface area contributed by atoms with Gasteiger partial charge in [-0.05, 0) is 194 Å². The molecule has 4 heterocycles. The van der Waals surface area contributed by atoms with Crippen LogP contribution >= 0.6 is 0 Å². The Hall–Kier alpha value is -5.66. The molecule has 4 aliphatic rings. The largest absolute Gasteiger partial charge is 0.353 e. The highest BCUT2D eigenvalue weighted by Crippen LogP contribution is 2.41. The van der Waals surface area contributed by atoms with Gasteiger partial charge in [-0.15, -0.1) is 0 Å². The topological polar surface area (TPSA) is 80.3 Å². The van der Waals surface area contributed by atoms with Crippen molar-refractivity contribution in [3.05, 3.63) is 168 Å². The van der Waals surface area contributed by atoms with E-state index < -0.39 is 0 Å². The number of fused-ring (bicyclic) bond motifs is 3. The van der Waals surface area contributed by atoms with E-state index in [2.05, 4.69) is 155 Å². The maximum Gasteiger partial charge on any atom is 0.158 e. The van der Waals surface area contributed by atoms with Gasteiger partial charge in [0, 0.05) is 60.6 Å². The Balaban J connectivity index is 0.872. The Morgan fingerprint density at radius 3 is 0.819 bits per heavy atom. The third kappa shape index (κ3) is 12.2. The SMILES string of the molecule is c1cc(N(c2ccc(COC3CCCCO3)cc2)c2ccc3c(ccc4cc(N(c5ccc(COC6CCCCO6)cc5)c5ccc(COC6CCCCO6)cc5)ccc43)c2)ccc1COC1CCCCO1. The number of benzene rings is 7. The van der Waals surface area contributed by atoms with Crippen LogP contribution in [-0.4, -0.2) is 51.6 Å². The van der Waals surface area contributed by atoms with Gasteiger partial charge in [0.15, 0.2) is 25.2 Å². The first-order valence-corrected chi connectivity index (χ1v) is 26.5. The summed E-state index contributed by atoms with van der Waals surface area (Å²) in [5.74, 6) is 0. The Kier molecular flexibility index (Phi) is 16.1. The minimum absolute atomic E-state index is 0.128. The molecule has 374 valence electrons. The lowest BCUT2D eigenvalue weighted by Gasteiger charge is -2.27. The first kappa shape index (κ1) is 48.6.